The second-order valence-electron chi connectivity index (χ2n) is 7.04. The van der Waals surface area contributed by atoms with Crippen molar-refractivity contribution >= 4 is 40.0 Å². The van der Waals surface area contributed by atoms with Crippen LogP contribution >= 0.6 is 24.0 Å². The highest BCUT2D eigenvalue weighted by Crippen LogP contribution is 2.19. The highest BCUT2D eigenvalue weighted by atomic mass is 127. The summed E-state index contributed by atoms with van der Waals surface area (Å²) in [5.74, 6) is 1.11. The monoisotopic (exact) mass is 540 g/mol. The van der Waals surface area contributed by atoms with E-state index in [4.69, 9.17) is 4.74 Å². The maximum absolute atomic E-state index is 12.5. The molecule has 0 heterocycles. The van der Waals surface area contributed by atoms with Gasteiger partial charge in [-0.25, -0.2) is 17.7 Å². The van der Waals surface area contributed by atoms with Crippen molar-refractivity contribution in [2.24, 2.45) is 10.9 Å². The normalized spacial score (nSPS) is 13.3. The van der Waals surface area contributed by atoms with Crippen LogP contribution in [-0.2, 0) is 21.3 Å². The lowest BCUT2D eigenvalue weighted by Crippen LogP contribution is -2.39. The Balaban J connectivity index is 0.00000784. The van der Waals surface area contributed by atoms with Crippen LogP contribution in [0.1, 0.15) is 39.7 Å². The molecule has 7 nitrogen and oxygen atoms in total. The average molecular weight is 541 g/mol. The molecule has 29 heavy (non-hydrogen) atoms. The molecule has 9 heteroatoms. The zero-order chi connectivity index (χ0) is 21.2. The fraction of sp³-hybridized carbons (Fsp3) is 0.650. The summed E-state index contributed by atoms with van der Waals surface area (Å²) >= 11 is 0. The number of benzene rings is 1. The SMILES string of the molecule is CCNC(=NCc1ccccc1S(=O)(=O)N(C)C)NCCC(OCC)C(C)C.I. The first kappa shape index (κ1) is 28.1. The molecule has 0 aromatic heterocycles. The standard InChI is InChI=1S/C20H36N4O3S.HI/c1-7-21-20(22-14-13-18(16(3)4)27-8-2)23-15-17-11-9-10-12-19(17)28(25,26)24(5)6;/h9-12,16,18H,7-8,13-15H2,1-6H3,(H2,21,22,23);1H. The van der Waals surface area contributed by atoms with E-state index in [9.17, 15) is 8.42 Å². The van der Waals surface area contributed by atoms with Crippen LogP contribution in [0.15, 0.2) is 34.2 Å². The van der Waals surface area contributed by atoms with Gasteiger partial charge in [0, 0.05) is 33.8 Å². The summed E-state index contributed by atoms with van der Waals surface area (Å²) in [6.45, 7) is 10.7. The van der Waals surface area contributed by atoms with Crippen molar-refractivity contribution in [1.29, 1.82) is 0 Å². The van der Waals surface area contributed by atoms with Crippen LogP contribution in [0.5, 0.6) is 0 Å². The van der Waals surface area contributed by atoms with Gasteiger partial charge in [-0.15, -0.1) is 24.0 Å². The highest BCUT2D eigenvalue weighted by Gasteiger charge is 2.20. The van der Waals surface area contributed by atoms with Gasteiger partial charge in [-0.1, -0.05) is 32.0 Å². The summed E-state index contributed by atoms with van der Waals surface area (Å²) in [7, 11) is -0.441. The quantitative estimate of drug-likeness (QED) is 0.256. The Morgan fingerprint density at radius 1 is 1.17 bits per heavy atom. The third-order valence-corrected chi connectivity index (χ3v) is 6.24. The van der Waals surface area contributed by atoms with Gasteiger partial charge in [0.15, 0.2) is 5.96 Å². The molecule has 0 aliphatic rings. The summed E-state index contributed by atoms with van der Waals surface area (Å²) < 4.78 is 32.1. The average Bonchev–Trinajstić information content (AvgIpc) is 2.65. The molecule has 0 radical (unpaired) electrons. The van der Waals surface area contributed by atoms with E-state index in [0.29, 0.717) is 24.0 Å². The molecule has 0 saturated carbocycles. The first-order valence-electron chi connectivity index (χ1n) is 9.88. The maximum Gasteiger partial charge on any atom is 0.242 e. The minimum absolute atomic E-state index is 0. The molecule has 0 bridgehead atoms. The van der Waals surface area contributed by atoms with Crippen molar-refractivity contribution in [2.45, 2.75) is 51.7 Å². The van der Waals surface area contributed by atoms with E-state index in [1.165, 1.54) is 18.4 Å². The van der Waals surface area contributed by atoms with E-state index >= 15 is 0 Å². The molecule has 1 rings (SSSR count). The molecule has 1 aromatic carbocycles. The molecule has 0 saturated heterocycles. The van der Waals surface area contributed by atoms with Crippen LogP contribution < -0.4 is 10.6 Å². The van der Waals surface area contributed by atoms with Gasteiger partial charge >= 0.3 is 0 Å². The Hall–Kier alpha value is -0.910. The number of hydrogen-bond donors (Lipinski definition) is 2. The number of nitrogens with zero attached hydrogens (tertiary/aromatic N) is 2. The molecule has 0 amide bonds. The van der Waals surface area contributed by atoms with Gasteiger partial charge in [-0.2, -0.15) is 0 Å². The van der Waals surface area contributed by atoms with E-state index in [1.807, 2.05) is 19.9 Å². The number of hydrogen-bond acceptors (Lipinski definition) is 4. The molecule has 0 aliphatic carbocycles. The molecule has 0 spiro atoms. The zero-order valence-corrected chi connectivity index (χ0v) is 21.6. The summed E-state index contributed by atoms with van der Waals surface area (Å²) in [6, 6.07) is 6.98. The Labute approximate surface area is 193 Å². The topological polar surface area (TPSA) is 83.0 Å². The van der Waals surface area contributed by atoms with Crippen LogP contribution in [-0.4, -0.2) is 58.6 Å². The Bertz CT molecular complexity index is 724. The number of nitrogens with one attached hydrogen (secondary N) is 2. The second-order valence-corrected chi connectivity index (χ2v) is 9.16. The third kappa shape index (κ3) is 9.18. The molecule has 1 unspecified atom stereocenters. The number of ether oxygens (including phenoxy) is 1. The summed E-state index contributed by atoms with van der Waals surface area (Å²) in [5, 5.41) is 6.52. The van der Waals surface area contributed by atoms with Gasteiger partial charge in [0.05, 0.1) is 17.5 Å². The molecule has 0 aliphatic heterocycles. The number of aliphatic imine (C=N–C) groups is 1. The summed E-state index contributed by atoms with van der Waals surface area (Å²) in [4.78, 5) is 4.86. The number of rotatable bonds is 11. The number of halogens is 1. The van der Waals surface area contributed by atoms with E-state index in [2.05, 4.69) is 29.5 Å². The number of guanidine groups is 1. The zero-order valence-electron chi connectivity index (χ0n) is 18.4. The van der Waals surface area contributed by atoms with E-state index < -0.39 is 10.0 Å². The minimum Gasteiger partial charge on any atom is -0.378 e. The van der Waals surface area contributed by atoms with Crippen molar-refractivity contribution in [3.63, 3.8) is 0 Å². The van der Waals surface area contributed by atoms with Crippen molar-refractivity contribution in [1.82, 2.24) is 14.9 Å². The van der Waals surface area contributed by atoms with Gasteiger partial charge < -0.3 is 15.4 Å². The summed E-state index contributed by atoms with van der Waals surface area (Å²) in [6.07, 6.45) is 1.08. The van der Waals surface area contributed by atoms with Crippen molar-refractivity contribution in [3.05, 3.63) is 29.8 Å². The van der Waals surface area contributed by atoms with Crippen LogP contribution in [0.3, 0.4) is 0 Å². The predicted molar refractivity (Wildman–Crippen MR) is 130 cm³/mol. The minimum atomic E-state index is -3.51. The van der Waals surface area contributed by atoms with E-state index in [-0.39, 0.29) is 41.5 Å². The van der Waals surface area contributed by atoms with Crippen LogP contribution in [0.2, 0.25) is 0 Å². The molecule has 0 fully saturated rings. The molecular formula is C20H37IN4O3S. The molecule has 1 atom stereocenters. The second kappa shape index (κ2) is 14.2. The first-order valence-corrected chi connectivity index (χ1v) is 11.3. The van der Waals surface area contributed by atoms with Gasteiger partial charge in [0.1, 0.15) is 0 Å². The molecular weight excluding hydrogens is 503 g/mol. The highest BCUT2D eigenvalue weighted by molar-refractivity contribution is 14.0. The van der Waals surface area contributed by atoms with Crippen LogP contribution in [0.25, 0.3) is 0 Å². The Kier molecular flexibility index (Phi) is 13.7. The van der Waals surface area contributed by atoms with Crippen molar-refractivity contribution < 1.29 is 13.2 Å². The Morgan fingerprint density at radius 3 is 2.38 bits per heavy atom. The molecule has 168 valence electrons. The van der Waals surface area contributed by atoms with E-state index in [0.717, 1.165) is 19.5 Å². The Morgan fingerprint density at radius 2 is 1.83 bits per heavy atom. The van der Waals surface area contributed by atoms with Gasteiger partial charge in [0.25, 0.3) is 0 Å². The fourth-order valence-corrected chi connectivity index (χ4v) is 3.85. The lowest BCUT2D eigenvalue weighted by molar-refractivity contribution is 0.0258. The smallest absolute Gasteiger partial charge is 0.242 e. The fourth-order valence-electron chi connectivity index (χ4n) is 2.74. The maximum atomic E-state index is 12.5. The van der Waals surface area contributed by atoms with Crippen LogP contribution in [0, 0.1) is 5.92 Å². The lowest BCUT2D eigenvalue weighted by atomic mass is 10.0. The lowest BCUT2D eigenvalue weighted by Gasteiger charge is -2.21. The third-order valence-electron chi connectivity index (χ3n) is 4.33. The summed E-state index contributed by atoms with van der Waals surface area (Å²) in [5.41, 5.74) is 0.669. The largest absolute Gasteiger partial charge is 0.378 e. The van der Waals surface area contributed by atoms with Crippen molar-refractivity contribution in [3.8, 4) is 0 Å². The van der Waals surface area contributed by atoms with E-state index in [1.54, 1.807) is 18.2 Å². The molecule has 1 aromatic rings. The number of sulfonamides is 1. The van der Waals surface area contributed by atoms with Gasteiger partial charge in [-0.3, -0.25) is 0 Å². The van der Waals surface area contributed by atoms with Crippen LogP contribution in [0.4, 0.5) is 0 Å². The van der Waals surface area contributed by atoms with Crippen molar-refractivity contribution in [2.75, 3.05) is 33.8 Å². The molecule has 2 N–H and O–H groups in total. The van der Waals surface area contributed by atoms with Gasteiger partial charge in [0.2, 0.25) is 10.0 Å². The first-order chi connectivity index (χ1) is 13.2. The van der Waals surface area contributed by atoms with Gasteiger partial charge in [-0.05, 0) is 37.8 Å². The predicted octanol–water partition coefficient (Wildman–Crippen LogP) is 3.06.